The molecular formula is C48H27NO. The quantitative estimate of drug-likeness (QED) is 0.137. The Morgan fingerprint density at radius 2 is 1.04 bits per heavy atom. The van der Waals surface area contributed by atoms with Gasteiger partial charge in [-0.3, -0.25) is 0 Å². The maximum atomic E-state index is 6.49. The van der Waals surface area contributed by atoms with Gasteiger partial charge in [-0.15, -0.1) is 0 Å². The Morgan fingerprint density at radius 3 is 1.96 bits per heavy atom. The molecule has 0 unspecified atom stereocenters. The summed E-state index contributed by atoms with van der Waals surface area (Å²) in [5, 5.41) is 17.7. The number of para-hydroxylation sites is 3. The number of furan rings is 1. The van der Waals surface area contributed by atoms with Crippen molar-refractivity contribution in [2.24, 2.45) is 0 Å². The highest BCUT2D eigenvalue weighted by Gasteiger charge is 2.22. The van der Waals surface area contributed by atoms with Crippen LogP contribution in [0.3, 0.4) is 0 Å². The van der Waals surface area contributed by atoms with Crippen LogP contribution < -0.4 is 0 Å². The summed E-state index contributed by atoms with van der Waals surface area (Å²) in [6, 6.07) is 60.1. The van der Waals surface area contributed by atoms with E-state index >= 15 is 0 Å². The first kappa shape index (κ1) is 26.3. The topological polar surface area (TPSA) is 18.1 Å². The van der Waals surface area contributed by atoms with Gasteiger partial charge in [0.2, 0.25) is 0 Å². The molecule has 12 aromatic rings. The molecule has 0 spiro atoms. The maximum absolute atomic E-state index is 6.49. The minimum atomic E-state index is 0.918. The molecule has 2 nitrogen and oxygen atoms in total. The number of hydrogen-bond acceptors (Lipinski definition) is 1. The molecule has 0 aliphatic carbocycles. The first-order valence-corrected chi connectivity index (χ1v) is 17.3. The van der Waals surface area contributed by atoms with Crippen molar-refractivity contribution in [1.82, 2.24) is 4.57 Å². The van der Waals surface area contributed by atoms with Crippen molar-refractivity contribution in [3.8, 4) is 16.8 Å². The highest BCUT2D eigenvalue weighted by molar-refractivity contribution is 6.35. The molecule has 0 saturated heterocycles. The highest BCUT2D eigenvalue weighted by Crippen LogP contribution is 2.47. The third-order valence-electron chi connectivity index (χ3n) is 11.1. The monoisotopic (exact) mass is 633 g/mol. The lowest BCUT2D eigenvalue weighted by atomic mass is 9.87. The number of fused-ring (bicyclic) bond motifs is 10. The lowest BCUT2D eigenvalue weighted by Crippen LogP contribution is -1.99. The second-order valence-electron chi connectivity index (χ2n) is 13.6. The zero-order valence-corrected chi connectivity index (χ0v) is 26.9. The minimum absolute atomic E-state index is 0.918. The number of nitrogens with zero attached hydrogens (tertiary/aromatic N) is 1. The fourth-order valence-electron chi connectivity index (χ4n) is 8.99. The van der Waals surface area contributed by atoms with Gasteiger partial charge in [0.15, 0.2) is 0 Å². The van der Waals surface area contributed by atoms with E-state index in [-0.39, 0.29) is 0 Å². The van der Waals surface area contributed by atoms with Crippen molar-refractivity contribution in [3.05, 3.63) is 164 Å². The van der Waals surface area contributed by atoms with Crippen LogP contribution in [0, 0.1) is 0 Å². The Kier molecular flexibility index (Phi) is 5.00. The third kappa shape index (κ3) is 3.32. The van der Waals surface area contributed by atoms with E-state index in [2.05, 4.69) is 162 Å². The summed E-state index contributed by atoms with van der Waals surface area (Å²) in [6.45, 7) is 0. The van der Waals surface area contributed by atoms with Gasteiger partial charge in [0.25, 0.3) is 0 Å². The largest absolute Gasteiger partial charge is 0.455 e. The SMILES string of the molecule is c1ccc2c(c1)cc1ccc3c4ccccc4c(-n4c5ccccc5c5cc(-c6cccc7c6oc6ccccc67)ccc54)c4ccc2c1c43. The van der Waals surface area contributed by atoms with E-state index in [1.165, 1.54) is 81.4 Å². The molecular weight excluding hydrogens is 607 g/mol. The van der Waals surface area contributed by atoms with E-state index in [0.717, 1.165) is 33.1 Å². The van der Waals surface area contributed by atoms with Crippen molar-refractivity contribution in [3.63, 3.8) is 0 Å². The molecule has 230 valence electrons. The van der Waals surface area contributed by atoms with Crippen LogP contribution in [0.25, 0.3) is 114 Å². The number of benzene rings is 10. The highest BCUT2D eigenvalue weighted by atomic mass is 16.3. The van der Waals surface area contributed by atoms with E-state index < -0.39 is 0 Å². The van der Waals surface area contributed by atoms with Gasteiger partial charge in [0.1, 0.15) is 11.2 Å². The fourth-order valence-corrected chi connectivity index (χ4v) is 8.99. The Labute approximate surface area is 286 Å². The van der Waals surface area contributed by atoms with Gasteiger partial charge in [-0.25, -0.2) is 0 Å². The number of rotatable bonds is 2. The van der Waals surface area contributed by atoms with E-state index in [4.69, 9.17) is 4.42 Å². The molecule has 0 N–H and O–H groups in total. The van der Waals surface area contributed by atoms with Crippen molar-refractivity contribution in [2.75, 3.05) is 0 Å². The average molecular weight is 634 g/mol. The van der Waals surface area contributed by atoms with Crippen LogP contribution >= 0.6 is 0 Å². The molecule has 0 fully saturated rings. The van der Waals surface area contributed by atoms with Crippen LogP contribution in [0.15, 0.2) is 168 Å². The van der Waals surface area contributed by atoms with Crippen LogP contribution in [0.1, 0.15) is 0 Å². The molecule has 0 aliphatic rings. The Hall–Kier alpha value is -6.64. The van der Waals surface area contributed by atoms with Gasteiger partial charge < -0.3 is 8.98 Å². The van der Waals surface area contributed by atoms with Crippen molar-refractivity contribution in [1.29, 1.82) is 0 Å². The predicted octanol–water partition coefficient (Wildman–Crippen LogP) is 13.6. The van der Waals surface area contributed by atoms with Crippen LogP contribution in [0.5, 0.6) is 0 Å². The summed E-state index contributed by atoms with van der Waals surface area (Å²) < 4.78 is 9.00. The maximum Gasteiger partial charge on any atom is 0.143 e. The number of hydrogen-bond donors (Lipinski definition) is 0. The summed E-state index contributed by atoms with van der Waals surface area (Å²) in [5.41, 5.74) is 7.73. The first-order valence-electron chi connectivity index (χ1n) is 17.3. The molecule has 0 atom stereocenters. The Morgan fingerprint density at radius 1 is 0.360 bits per heavy atom. The summed E-state index contributed by atoms with van der Waals surface area (Å²) in [5.74, 6) is 0. The molecule has 2 heteroatoms. The van der Waals surface area contributed by atoms with E-state index in [9.17, 15) is 0 Å². The molecule has 2 heterocycles. The molecule has 2 aromatic heterocycles. The van der Waals surface area contributed by atoms with Gasteiger partial charge in [-0.1, -0.05) is 133 Å². The van der Waals surface area contributed by atoms with E-state index in [0.29, 0.717) is 0 Å². The molecule has 0 amide bonds. The summed E-state index contributed by atoms with van der Waals surface area (Å²) in [4.78, 5) is 0. The van der Waals surface area contributed by atoms with Gasteiger partial charge in [-0.2, -0.15) is 0 Å². The molecule has 0 bridgehead atoms. The van der Waals surface area contributed by atoms with Gasteiger partial charge in [0, 0.05) is 43.3 Å². The minimum Gasteiger partial charge on any atom is -0.455 e. The lowest BCUT2D eigenvalue weighted by Gasteiger charge is -2.20. The van der Waals surface area contributed by atoms with Crippen LogP contribution in [0.4, 0.5) is 0 Å². The van der Waals surface area contributed by atoms with Gasteiger partial charge >= 0.3 is 0 Å². The molecule has 0 radical (unpaired) electrons. The molecule has 50 heavy (non-hydrogen) atoms. The average Bonchev–Trinajstić information content (AvgIpc) is 3.72. The van der Waals surface area contributed by atoms with Crippen LogP contribution in [-0.2, 0) is 0 Å². The van der Waals surface area contributed by atoms with E-state index in [1.54, 1.807) is 0 Å². The standard InChI is InChI=1S/C48H27NO/c1-2-11-31-28(10-1)26-30-20-22-37-33-12-3-4-15-38(33)47(40-24-23-36(31)45(30)46(37)40)49-42-18-7-5-13-34(42)41-27-29(21-25-43(41)49)32-16-9-17-39-35-14-6-8-19-44(35)50-48(32)39/h1-27H. The van der Waals surface area contributed by atoms with Crippen LogP contribution in [-0.4, -0.2) is 4.57 Å². The summed E-state index contributed by atoms with van der Waals surface area (Å²) in [6.07, 6.45) is 0. The zero-order valence-electron chi connectivity index (χ0n) is 26.9. The third-order valence-corrected chi connectivity index (χ3v) is 11.1. The summed E-state index contributed by atoms with van der Waals surface area (Å²) >= 11 is 0. The van der Waals surface area contributed by atoms with Crippen molar-refractivity contribution in [2.45, 2.75) is 0 Å². The molecule has 10 aromatic carbocycles. The predicted molar refractivity (Wildman–Crippen MR) is 212 cm³/mol. The Balaban J connectivity index is 1.21. The molecule has 0 saturated carbocycles. The second kappa shape index (κ2) is 9.49. The van der Waals surface area contributed by atoms with Crippen molar-refractivity contribution >= 4 is 97.6 Å². The van der Waals surface area contributed by atoms with Gasteiger partial charge in [0.05, 0.1) is 16.7 Å². The first-order chi connectivity index (χ1) is 24.8. The Bertz CT molecular complexity index is 3380. The zero-order chi connectivity index (χ0) is 32.5. The summed E-state index contributed by atoms with van der Waals surface area (Å²) in [7, 11) is 0. The fraction of sp³-hybridized carbons (Fsp3) is 0. The van der Waals surface area contributed by atoms with Crippen LogP contribution in [0.2, 0.25) is 0 Å². The number of aromatic nitrogens is 1. The molecule has 12 rings (SSSR count). The molecule has 0 aliphatic heterocycles. The smallest absolute Gasteiger partial charge is 0.143 e. The normalized spacial score (nSPS) is 12.4. The van der Waals surface area contributed by atoms with Gasteiger partial charge in [-0.05, 0) is 73.6 Å². The lowest BCUT2D eigenvalue weighted by molar-refractivity contribution is 0.670. The van der Waals surface area contributed by atoms with E-state index in [1.807, 2.05) is 6.07 Å². The second-order valence-corrected chi connectivity index (χ2v) is 13.6. The van der Waals surface area contributed by atoms with Crippen molar-refractivity contribution < 1.29 is 4.42 Å².